The molecule has 0 radical (unpaired) electrons. The van der Waals surface area contributed by atoms with Gasteiger partial charge >= 0.3 is 0 Å². The Balaban J connectivity index is 1.76. The molecule has 0 bridgehead atoms. The molecule has 1 aromatic carbocycles. The summed E-state index contributed by atoms with van der Waals surface area (Å²) >= 11 is 6.26. The van der Waals surface area contributed by atoms with Gasteiger partial charge in [0, 0.05) is 32.2 Å². The third kappa shape index (κ3) is 5.74. The zero-order chi connectivity index (χ0) is 15.8. The number of nitrogens with one attached hydrogen (secondary N) is 1. The molecule has 1 heterocycles. The Labute approximate surface area is 137 Å². The molecule has 2 rings (SSSR count). The number of aliphatic hydroxyl groups excluding tert-OH is 1. The highest BCUT2D eigenvalue weighted by Crippen LogP contribution is 2.25. The number of halogens is 1. The summed E-state index contributed by atoms with van der Waals surface area (Å²) in [4.78, 5) is 2.33. The van der Waals surface area contributed by atoms with E-state index in [1.165, 1.54) is 0 Å². The predicted molar refractivity (Wildman–Crippen MR) is 87.6 cm³/mol. The van der Waals surface area contributed by atoms with Gasteiger partial charge in [-0.2, -0.15) is 0 Å². The fraction of sp³-hybridized carbons (Fsp3) is 0.625. The number of nitrogens with zero attached hydrogens (tertiary/aromatic N) is 1. The number of ether oxygens (including phenoxy) is 2. The Morgan fingerprint density at radius 2 is 2.18 bits per heavy atom. The van der Waals surface area contributed by atoms with E-state index in [9.17, 15) is 0 Å². The molecule has 0 saturated carbocycles. The van der Waals surface area contributed by atoms with Crippen molar-refractivity contribution in [1.29, 1.82) is 0 Å². The number of benzene rings is 1. The highest BCUT2D eigenvalue weighted by atomic mass is 35.5. The van der Waals surface area contributed by atoms with Crippen molar-refractivity contribution in [2.24, 2.45) is 0 Å². The predicted octanol–water partition coefficient (Wildman–Crippen LogP) is 1.52. The average Bonchev–Trinajstić information content (AvgIpc) is 2.55. The summed E-state index contributed by atoms with van der Waals surface area (Å²) in [6.45, 7) is 7.77. The van der Waals surface area contributed by atoms with Gasteiger partial charge in [-0.05, 0) is 24.6 Å². The van der Waals surface area contributed by atoms with Gasteiger partial charge in [0.25, 0.3) is 0 Å². The summed E-state index contributed by atoms with van der Waals surface area (Å²) in [5, 5.41) is 12.8. The van der Waals surface area contributed by atoms with E-state index in [1.54, 1.807) is 0 Å². The van der Waals surface area contributed by atoms with E-state index in [0.29, 0.717) is 23.9 Å². The molecule has 1 atom stereocenters. The highest BCUT2D eigenvalue weighted by Gasteiger charge is 2.10. The van der Waals surface area contributed by atoms with E-state index in [0.717, 1.165) is 38.4 Å². The lowest BCUT2D eigenvalue weighted by molar-refractivity contribution is 0.0322. The Bertz CT molecular complexity index is 453. The van der Waals surface area contributed by atoms with Crippen molar-refractivity contribution in [3.8, 4) is 5.75 Å². The Morgan fingerprint density at radius 3 is 2.86 bits per heavy atom. The summed E-state index contributed by atoms with van der Waals surface area (Å²) in [7, 11) is 0. The zero-order valence-corrected chi connectivity index (χ0v) is 13.8. The van der Waals surface area contributed by atoms with Crippen LogP contribution in [0.2, 0.25) is 5.02 Å². The number of morpholine rings is 1. The number of hydrogen-bond acceptors (Lipinski definition) is 5. The van der Waals surface area contributed by atoms with Gasteiger partial charge in [0.15, 0.2) is 0 Å². The Morgan fingerprint density at radius 1 is 1.41 bits per heavy atom. The molecule has 1 aliphatic rings. The van der Waals surface area contributed by atoms with E-state index in [1.807, 2.05) is 25.1 Å². The number of hydrogen-bond donors (Lipinski definition) is 2. The third-order valence-electron chi connectivity index (χ3n) is 3.69. The van der Waals surface area contributed by atoms with Crippen molar-refractivity contribution in [3.63, 3.8) is 0 Å². The van der Waals surface area contributed by atoms with Crippen LogP contribution in [-0.2, 0) is 11.3 Å². The van der Waals surface area contributed by atoms with Crippen molar-refractivity contribution >= 4 is 11.6 Å². The molecule has 0 unspecified atom stereocenters. The van der Waals surface area contributed by atoms with Gasteiger partial charge in [-0.3, -0.25) is 4.90 Å². The maximum Gasteiger partial charge on any atom is 0.137 e. The van der Waals surface area contributed by atoms with E-state index < -0.39 is 0 Å². The van der Waals surface area contributed by atoms with Crippen LogP contribution in [0, 0.1) is 0 Å². The first-order valence-electron chi connectivity index (χ1n) is 7.74. The molecule has 22 heavy (non-hydrogen) atoms. The molecule has 0 amide bonds. The second kappa shape index (κ2) is 9.33. The van der Waals surface area contributed by atoms with Gasteiger partial charge in [0.1, 0.15) is 12.4 Å². The van der Waals surface area contributed by atoms with Crippen LogP contribution in [-0.4, -0.2) is 62.1 Å². The normalized spacial score (nSPS) is 17.4. The largest absolute Gasteiger partial charge is 0.491 e. The van der Waals surface area contributed by atoms with Crippen LogP contribution in [0.15, 0.2) is 18.2 Å². The molecule has 5 nitrogen and oxygen atoms in total. The van der Waals surface area contributed by atoms with E-state index in [4.69, 9.17) is 26.2 Å². The molecule has 6 heteroatoms. The molecule has 1 aromatic rings. The van der Waals surface area contributed by atoms with Crippen LogP contribution < -0.4 is 10.1 Å². The third-order valence-corrected chi connectivity index (χ3v) is 3.99. The van der Waals surface area contributed by atoms with E-state index >= 15 is 0 Å². The molecule has 2 N–H and O–H groups in total. The minimum absolute atomic E-state index is 0.0724. The molecule has 1 saturated heterocycles. The van der Waals surface area contributed by atoms with Gasteiger partial charge in [-0.15, -0.1) is 0 Å². The van der Waals surface area contributed by atoms with Gasteiger partial charge in [0.05, 0.1) is 24.8 Å². The summed E-state index contributed by atoms with van der Waals surface area (Å²) in [6.07, 6.45) is 0. The van der Waals surface area contributed by atoms with Crippen LogP contribution in [0.1, 0.15) is 12.5 Å². The fourth-order valence-corrected chi connectivity index (χ4v) is 2.50. The molecule has 0 aromatic heterocycles. The van der Waals surface area contributed by atoms with Gasteiger partial charge in [0.2, 0.25) is 0 Å². The lowest BCUT2D eigenvalue weighted by Crippen LogP contribution is -2.38. The van der Waals surface area contributed by atoms with Crippen molar-refractivity contribution in [1.82, 2.24) is 10.2 Å². The minimum Gasteiger partial charge on any atom is -0.491 e. The van der Waals surface area contributed by atoms with Gasteiger partial charge < -0.3 is 19.9 Å². The monoisotopic (exact) mass is 328 g/mol. The van der Waals surface area contributed by atoms with Gasteiger partial charge in [-0.1, -0.05) is 17.7 Å². The first-order chi connectivity index (χ1) is 10.7. The summed E-state index contributed by atoms with van der Waals surface area (Å²) in [5.74, 6) is 0.717. The van der Waals surface area contributed by atoms with Gasteiger partial charge in [-0.25, -0.2) is 0 Å². The molecule has 0 aliphatic carbocycles. The Kier molecular flexibility index (Phi) is 7.42. The standard InChI is InChI=1S/C16H25ClN2O3/c1-13(12-20)18-11-14-2-3-16(15(17)10-14)22-9-6-19-4-7-21-8-5-19/h2-3,10,13,18,20H,4-9,11-12H2,1H3/t13-/m1/s1. The maximum atomic E-state index is 9.00. The first-order valence-corrected chi connectivity index (χ1v) is 8.12. The van der Waals surface area contributed by atoms with E-state index in [-0.39, 0.29) is 12.6 Å². The molecule has 124 valence electrons. The SMILES string of the molecule is C[C@H](CO)NCc1ccc(OCCN2CCOCC2)c(Cl)c1. The van der Waals surface area contributed by atoms with Crippen LogP contribution in [0.5, 0.6) is 5.75 Å². The topological polar surface area (TPSA) is 54.0 Å². The highest BCUT2D eigenvalue weighted by molar-refractivity contribution is 6.32. The second-order valence-electron chi connectivity index (χ2n) is 5.53. The summed E-state index contributed by atoms with van der Waals surface area (Å²) < 4.78 is 11.1. The molecule has 0 spiro atoms. The second-order valence-corrected chi connectivity index (χ2v) is 5.94. The maximum absolute atomic E-state index is 9.00. The van der Waals surface area contributed by atoms with E-state index in [2.05, 4.69) is 10.2 Å². The zero-order valence-electron chi connectivity index (χ0n) is 13.1. The van der Waals surface area contributed by atoms with Crippen molar-refractivity contribution in [3.05, 3.63) is 28.8 Å². The average molecular weight is 329 g/mol. The number of aliphatic hydroxyl groups is 1. The van der Waals surface area contributed by atoms with Crippen molar-refractivity contribution in [2.45, 2.75) is 19.5 Å². The molecular formula is C16H25ClN2O3. The minimum atomic E-state index is 0.0724. The van der Waals surface area contributed by atoms with Crippen LogP contribution in [0.25, 0.3) is 0 Å². The van der Waals surface area contributed by atoms with Crippen LogP contribution in [0.3, 0.4) is 0 Å². The van der Waals surface area contributed by atoms with Crippen LogP contribution >= 0.6 is 11.6 Å². The quantitative estimate of drug-likeness (QED) is 0.758. The molecular weight excluding hydrogens is 304 g/mol. The lowest BCUT2D eigenvalue weighted by atomic mass is 10.2. The smallest absolute Gasteiger partial charge is 0.137 e. The first kappa shape index (κ1) is 17.5. The Hall–Kier alpha value is -0.850. The molecule has 1 aliphatic heterocycles. The summed E-state index contributed by atoms with van der Waals surface area (Å²) in [5.41, 5.74) is 1.07. The summed E-state index contributed by atoms with van der Waals surface area (Å²) in [6, 6.07) is 5.88. The van der Waals surface area contributed by atoms with Crippen LogP contribution in [0.4, 0.5) is 0 Å². The molecule has 1 fully saturated rings. The van der Waals surface area contributed by atoms with Crippen molar-refractivity contribution in [2.75, 3.05) is 46.1 Å². The number of rotatable bonds is 8. The van der Waals surface area contributed by atoms with Crippen molar-refractivity contribution < 1.29 is 14.6 Å². The fourth-order valence-electron chi connectivity index (χ4n) is 2.24. The lowest BCUT2D eigenvalue weighted by Gasteiger charge is -2.26.